The summed E-state index contributed by atoms with van der Waals surface area (Å²) in [7, 11) is 1.87. The van der Waals surface area contributed by atoms with Crippen LogP contribution in [-0.2, 0) is 0 Å². The van der Waals surface area contributed by atoms with Crippen molar-refractivity contribution in [1.29, 1.82) is 0 Å². The van der Waals surface area contributed by atoms with Gasteiger partial charge < -0.3 is 4.90 Å². The van der Waals surface area contributed by atoms with E-state index in [1.165, 1.54) is 18.9 Å². The van der Waals surface area contributed by atoms with Crippen LogP contribution in [0.25, 0.3) is 0 Å². The zero-order valence-electron chi connectivity index (χ0n) is 9.76. The van der Waals surface area contributed by atoms with Crippen molar-refractivity contribution in [3.63, 3.8) is 0 Å². The molecule has 1 fully saturated rings. The van der Waals surface area contributed by atoms with Crippen LogP contribution < -0.4 is 4.90 Å². The van der Waals surface area contributed by atoms with Gasteiger partial charge in [0.05, 0.1) is 4.92 Å². The largest absolute Gasteiger partial charge is 0.351 e. The van der Waals surface area contributed by atoms with Crippen LogP contribution in [0.4, 0.5) is 11.5 Å². The molecule has 0 aromatic carbocycles. The van der Waals surface area contributed by atoms with E-state index in [2.05, 4.69) is 27.8 Å². The quantitative estimate of drug-likeness (QED) is 0.633. The second-order valence-corrected chi connectivity index (χ2v) is 5.36. The number of hydrogen-bond donors (Lipinski definition) is 0. The van der Waals surface area contributed by atoms with Gasteiger partial charge in [-0.25, -0.2) is 4.98 Å². The molecular weight excluding hydrogens is 286 g/mol. The zero-order chi connectivity index (χ0) is 12.6. The van der Waals surface area contributed by atoms with Crippen LogP contribution in [-0.4, -0.2) is 23.0 Å². The van der Waals surface area contributed by atoms with Gasteiger partial charge in [0, 0.05) is 29.8 Å². The van der Waals surface area contributed by atoms with E-state index in [-0.39, 0.29) is 10.6 Å². The first kappa shape index (κ1) is 12.3. The van der Waals surface area contributed by atoms with Gasteiger partial charge in [-0.1, -0.05) is 0 Å². The molecule has 0 N–H and O–H groups in total. The summed E-state index contributed by atoms with van der Waals surface area (Å²) in [5.74, 6) is 1.09. The molecule has 1 aliphatic carbocycles. The smallest absolute Gasteiger partial charge is 0.312 e. The molecule has 0 spiro atoms. The lowest BCUT2D eigenvalue weighted by atomic mass is 10.2. The minimum Gasteiger partial charge on any atom is -0.351 e. The summed E-state index contributed by atoms with van der Waals surface area (Å²) in [4.78, 5) is 16.7. The average Bonchev–Trinajstić information content (AvgIpc) is 3.10. The highest BCUT2D eigenvalue weighted by Gasteiger charge is 2.33. The van der Waals surface area contributed by atoms with Gasteiger partial charge in [0.25, 0.3) is 0 Å². The minimum absolute atomic E-state index is 0.0503. The van der Waals surface area contributed by atoms with Gasteiger partial charge in [-0.15, -0.1) is 0 Å². The van der Waals surface area contributed by atoms with Gasteiger partial charge in [-0.05, 0) is 41.6 Å². The Balaban J connectivity index is 2.32. The lowest BCUT2D eigenvalue weighted by Crippen LogP contribution is -2.31. The molecule has 0 bridgehead atoms. The summed E-state index contributed by atoms with van der Waals surface area (Å²) < 4.78 is 0.625. The van der Waals surface area contributed by atoms with E-state index in [4.69, 9.17) is 0 Å². The number of pyridine rings is 1. The molecule has 0 saturated heterocycles. The number of anilines is 1. The maximum Gasteiger partial charge on any atom is 0.312 e. The molecule has 1 aromatic heterocycles. The molecule has 1 saturated carbocycles. The molecule has 5 nitrogen and oxygen atoms in total. The summed E-state index contributed by atoms with van der Waals surface area (Å²) in [5, 5.41) is 11.0. The van der Waals surface area contributed by atoms with Crippen molar-refractivity contribution < 1.29 is 4.92 Å². The Bertz CT molecular complexity index is 448. The van der Waals surface area contributed by atoms with Crippen LogP contribution in [0, 0.1) is 16.0 Å². The number of nitrogens with zero attached hydrogens (tertiary/aromatic N) is 3. The maximum atomic E-state index is 11.0. The van der Waals surface area contributed by atoms with E-state index >= 15 is 0 Å². The highest BCUT2D eigenvalue weighted by Crippen LogP contribution is 2.38. The molecule has 1 heterocycles. The number of nitro groups is 1. The number of rotatable bonds is 4. The topological polar surface area (TPSA) is 59.3 Å². The van der Waals surface area contributed by atoms with Gasteiger partial charge in [-0.3, -0.25) is 10.1 Å². The van der Waals surface area contributed by atoms with Crippen molar-refractivity contribution in [3.05, 3.63) is 26.9 Å². The molecule has 6 heteroatoms. The minimum atomic E-state index is -0.386. The van der Waals surface area contributed by atoms with Crippen molar-refractivity contribution in [2.24, 2.45) is 5.92 Å². The molecule has 1 aliphatic rings. The monoisotopic (exact) mass is 299 g/mol. The summed E-state index contributed by atoms with van der Waals surface area (Å²) in [5.41, 5.74) is 0.0503. The fourth-order valence-electron chi connectivity index (χ4n) is 1.92. The zero-order valence-corrected chi connectivity index (χ0v) is 11.3. The standard InChI is InChI=1S/C11H14BrN3O2/c1-7(8-3-4-8)14(2)11-10(15(16)17)5-9(12)6-13-11/h5-8H,3-4H2,1-2H3. The number of hydrogen-bond acceptors (Lipinski definition) is 4. The molecular formula is C11H14BrN3O2. The Hall–Kier alpha value is -1.17. The third-order valence-corrected chi connectivity index (χ3v) is 3.69. The molecule has 0 radical (unpaired) electrons. The first-order valence-corrected chi connectivity index (χ1v) is 6.32. The third-order valence-electron chi connectivity index (χ3n) is 3.26. The van der Waals surface area contributed by atoms with Crippen molar-refractivity contribution in [3.8, 4) is 0 Å². The van der Waals surface area contributed by atoms with Gasteiger partial charge >= 0.3 is 5.69 Å². The van der Waals surface area contributed by atoms with Crippen LogP contribution in [0.3, 0.4) is 0 Å². The van der Waals surface area contributed by atoms with Crippen molar-refractivity contribution >= 4 is 27.4 Å². The molecule has 0 amide bonds. The first-order chi connectivity index (χ1) is 8.00. The molecule has 1 atom stereocenters. The fourth-order valence-corrected chi connectivity index (χ4v) is 2.23. The Morgan fingerprint density at radius 3 is 2.82 bits per heavy atom. The van der Waals surface area contributed by atoms with E-state index < -0.39 is 0 Å². The van der Waals surface area contributed by atoms with Crippen LogP contribution in [0.1, 0.15) is 19.8 Å². The molecule has 92 valence electrons. The van der Waals surface area contributed by atoms with Crippen LogP contribution >= 0.6 is 15.9 Å². The Labute approximate surface area is 108 Å². The molecule has 2 rings (SSSR count). The number of halogens is 1. The predicted molar refractivity (Wildman–Crippen MR) is 69.2 cm³/mol. The van der Waals surface area contributed by atoms with E-state index in [0.717, 1.165) is 0 Å². The van der Waals surface area contributed by atoms with Gasteiger partial charge in [0.15, 0.2) is 0 Å². The lowest BCUT2D eigenvalue weighted by Gasteiger charge is -2.25. The second kappa shape index (κ2) is 4.60. The predicted octanol–water partition coefficient (Wildman–Crippen LogP) is 2.99. The highest BCUT2D eigenvalue weighted by molar-refractivity contribution is 9.10. The normalized spacial score (nSPS) is 16.6. The van der Waals surface area contributed by atoms with E-state index in [9.17, 15) is 10.1 Å². The van der Waals surface area contributed by atoms with Gasteiger partial charge in [0.2, 0.25) is 5.82 Å². The first-order valence-electron chi connectivity index (χ1n) is 5.53. The summed E-state index contributed by atoms with van der Waals surface area (Å²) in [6.07, 6.45) is 4.00. The molecule has 1 unspecified atom stereocenters. The Morgan fingerprint density at radius 2 is 2.29 bits per heavy atom. The average molecular weight is 300 g/mol. The Kier molecular flexibility index (Phi) is 3.33. The third kappa shape index (κ3) is 2.57. The van der Waals surface area contributed by atoms with Crippen molar-refractivity contribution in [2.75, 3.05) is 11.9 Å². The lowest BCUT2D eigenvalue weighted by molar-refractivity contribution is -0.384. The van der Waals surface area contributed by atoms with Crippen molar-refractivity contribution in [1.82, 2.24) is 4.98 Å². The van der Waals surface area contributed by atoms with E-state index in [1.807, 2.05) is 11.9 Å². The van der Waals surface area contributed by atoms with Gasteiger partial charge in [-0.2, -0.15) is 0 Å². The number of aromatic nitrogens is 1. The molecule has 0 aliphatic heterocycles. The van der Waals surface area contributed by atoms with Gasteiger partial charge in [0.1, 0.15) is 0 Å². The van der Waals surface area contributed by atoms with Crippen LogP contribution in [0.15, 0.2) is 16.7 Å². The van der Waals surface area contributed by atoms with Crippen molar-refractivity contribution in [2.45, 2.75) is 25.8 Å². The summed E-state index contributed by atoms with van der Waals surface area (Å²) in [6, 6.07) is 1.79. The van der Waals surface area contributed by atoms with Crippen LogP contribution in [0.2, 0.25) is 0 Å². The maximum absolute atomic E-state index is 11.0. The highest BCUT2D eigenvalue weighted by atomic mass is 79.9. The second-order valence-electron chi connectivity index (χ2n) is 4.44. The summed E-state index contributed by atoms with van der Waals surface area (Å²) >= 11 is 3.21. The summed E-state index contributed by atoms with van der Waals surface area (Å²) in [6.45, 7) is 2.09. The Morgan fingerprint density at radius 1 is 1.65 bits per heavy atom. The fraction of sp³-hybridized carbons (Fsp3) is 0.545. The van der Waals surface area contributed by atoms with E-state index in [0.29, 0.717) is 22.3 Å². The molecule has 1 aromatic rings. The SMILES string of the molecule is CC(C1CC1)N(C)c1ncc(Br)cc1[N+](=O)[O-]. The van der Waals surface area contributed by atoms with Crippen LogP contribution in [0.5, 0.6) is 0 Å². The van der Waals surface area contributed by atoms with E-state index in [1.54, 1.807) is 6.20 Å². The molecule has 17 heavy (non-hydrogen) atoms.